The van der Waals surface area contributed by atoms with Gasteiger partial charge in [-0.3, -0.25) is 9.59 Å². The van der Waals surface area contributed by atoms with Crippen LogP contribution in [-0.2, 0) is 9.59 Å². The number of hydrogen-bond donors (Lipinski definition) is 1. The van der Waals surface area contributed by atoms with Gasteiger partial charge in [-0.05, 0) is 30.5 Å². The van der Waals surface area contributed by atoms with Crippen molar-refractivity contribution in [3.8, 4) is 0 Å². The van der Waals surface area contributed by atoms with Crippen molar-refractivity contribution in [2.24, 2.45) is 5.10 Å². The molecule has 2 amide bonds. The SMILES string of the molecule is O=C(CCC(=O)N1CCCC1c1nc2ccccc2[nH]1)N1CCC(c2ccccc2)=N1. The van der Waals surface area contributed by atoms with Crippen LogP contribution < -0.4 is 0 Å². The van der Waals surface area contributed by atoms with Gasteiger partial charge >= 0.3 is 0 Å². The summed E-state index contributed by atoms with van der Waals surface area (Å²) >= 11 is 0. The van der Waals surface area contributed by atoms with Gasteiger partial charge in [-0.15, -0.1) is 0 Å². The van der Waals surface area contributed by atoms with Gasteiger partial charge in [0.1, 0.15) is 5.82 Å². The molecule has 1 unspecified atom stereocenters. The number of hydrogen-bond acceptors (Lipinski definition) is 4. The van der Waals surface area contributed by atoms with Crippen LogP contribution in [0.1, 0.15) is 49.5 Å². The lowest BCUT2D eigenvalue weighted by Crippen LogP contribution is -2.32. The Morgan fingerprint density at radius 1 is 0.968 bits per heavy atom. The van der Waals surface area contributed by atoms with Crippen LogP contribution in [0.15, 0.2) is 59.7 Å². The average molecular weight is 415 g/mol. The topological polar surface area (TPSA) is 81.7 Å². The summed E-state index contributed by atoms with van der Waals surface area (Å²) in [5, 5.41) is 5.99. The number of para-hydroxylation sites is 2. The Bertz CT molecular complexity index is 1100. The van der Waals surface area contributed by atoms with E-state index in [1.54, 1.807) is 0 Å². The average Bonchev–Trinajstić information content (AvgIpc) is 3.56. The zero-order valence-electron chi connectivity index (χ0n) is 17.3. The second-order valence-electron chi connectivity index (χ2n) is 8.06. The minimum absolute atomic E-state index is 0.00256. The van der Waals surface area contributed by atoms with E-state index in [1.165, 1.54) is 5.01 Å². The van der Waals surface area contributed by atoms with E-state index < -0.39 is 0 Å². The van der Waals surface area contributed by atoms with Crippen molar-refractivity contribution in [1.82, 2.24) is 19.9 Å². The molecule has 1 atom stereocenters. The third kappa shape index (κ3) is 3.95. The Morgan fingerprint density at radius 2 is 1.74 bits per heavy atom. The fourth-order valence-electron chi connectivity index (χ4n) is 4.44. The number of imidazole rings is 1. The Morgan fingerprint density at radius 3 is 2.58 bits per heavy atom. The number of carbonyl (C=O) groups excluding carboxylic acids is 2. The van der Waals surface area contributed by atoms with Crippen molar-refractivity contribution in [2.75, 3.05) is 13.1 Å². The number of nitrogens with one attached hydrogen (secondary N) is 1. The van der Waals surface area contributed by atoms with Gasteiger partial charge < -0.3 is 9.88 Å². The van der Waals surface area contributed by atoms with Crippen molar-refractivity contribution < 1.29 is 9.59 Å². The molecule has 7 heteroatoms. The van der Waals surface area contributed by atoms with E-state index in [-0.39, 0.29) is 30.7 Å². The summed E-state index contributed by atoms with van der Waals surface area (Å²) in [4.78, 5) is 35.5. The summed E-state index contributed by atoms with van der Waals surface area (Å²) < 4.78 is 0. The molecule has 3 aromatic rings. The van der Waals surface area contributed by atoms with Crippen LogP contribution in [0, 0.1) is 0 Å². The number of fused-ring (bicyclic) bond motifs is 1. The third-order valence-electron chi connectivity index (χ3n) is 6.05. The monoisotopic (exact) mass is 415 g/mol. The van der Waals surface area contributed by atoms with Crippen LogP contribution in [0.5, 0.6) is 0 Å². The number of aromatic amines is 1. The minimum Gasteiger partial charge on any atom is -0.340 e. The highest BCUT2D eigenvalue weighted by Gasteiger charge is 2.32. The molecule has 158 valence electrons. The maximum Gasteiger partial charge on any atom is 0.243 e. The van der Waals surface area contributed by atoms with E-state index in [0.29, 0.717) is 13.1 Å². The maximum absolute atomic E-state index is 12.9. The van der Waals surface area contributed by atoms with E-state index in [0.717, 1.165) is 47.4 Å². The molecule has 3 heterocycles. The molecule has 5 rings (SSSR count). The van der Waals surface area contributed by atoms with Crippen LogP contribution in [0.2, 0.25) is 0 Å². The molecule has 2 aliphatic rings. The first-order valence-electron chi connectivity index (χ1n) is 10.9. The summed E-state index contributed by atoms with van der Waals surface area (Å²) in [6, 6.07) is 17.7. The fraction of sp³-hybridized carbons (Fsp3) is 0.333. The molecule has 2 aliphatic heterocycles. The van der Waals surface area contributed by atoms with Gasteiger partial charge in [-0.2, -0.15) is 5.10 Å². The first kappa shape index (κ1) is 19.5. The smallest absolute Gasteiger partial charge is 0.243 e. The molecule has 0 spiro atoms. The lowest BCUT2D eigenvalue weighted by atomic mass is 10.1. The summed E-state index contributed by atoms with van der Waals surface area (Å²) in [5.74, 6) is 0.733. The Kier molecular flexibility index (Phi) is 5.24. The zero-order chi connectivity index (χ0) is 21.2. The lowest BCUT2D eigenvalue weighted by molar-refractivity contribution is -0.137. The quantitative estimate of drug-likeness (QED) is 0.691. The van der Waals surface area contributed by atoms with Gasteiger partial charge in [0.25, 0.3) is 0 Å². The second-order valence-corrected chi connectivity index (χ2v) is 8.06. The van der Waals surface area contributed by atoms with E-state index in [1.807, 2.05) is 59.5 Å². The number of carbonyl (C=O) groups is 2. The number of nitrogens with zero attached hydrogens (tertiary/aromatic N) is 4. The van der Waals surface area contributed by atoms with Crippen molar-refractivity contribution in [3.05, 3.63) is 66.0 Å². The van der Waals surface area contributed by atoms with Gasteiger partial charge in [-0.25, -0.2) is 9.99 Å². The summed E-state index contributed by atoms with van der Waals surface area (Å²) in [6.07, 6.45) is 2.94. The van der Waals surface area contributed by atoms with Gasteiger partial charge in [0, 0.05) is 25.8 Å². The van der Waals surface area contributed by atoms with Crippen LogP contribution in [0.25, 0.3) is 11.0 Å². The molecule has 1 aromatic heterocycles. The van der Waals surface area contributed by atoms with Crippen LogP contribution in [0.4, 0.5) is 0 Å². The van der Waals surface area contributed by atoms with E-state index in [4.69, 9.17) is 0 Å². The van der Waals surface area contributed by atoms with E-state index in [9.17, 15) is 9.59 Å². The van der Waals surface area contributed by atoms with Crippen LogP contribution >= 0.6 is 0 Å². The maximum atomic E-state index is 12.9. The first-order valence-corrected chi connectivity index (χ1v) is 10.9. The summed E-state index contributed by atoms with van der Waals surface area (Å²) in [5.41, 5.74) is 3.85. The summed E-state index contributed by atoms with van der Waals surface area (Å²) in [6.45, 7) is 1.28. The molecular weight excluding hydrogens is 390 g/mol. The molecule has 0 aliphatic carbocycles. The Balaban J connectivity index is 1.21. The lowest BCUT2D eigenvalue weighted by Gasteiger charge is -2.23. The molecule has 31 heavy (non-hydrogen) atoms. The predicted molar refractivity (Wildman–Crippen MR) is 118 cm³/mol. The zero-order valence-corrected chi connectivity index (χ0v) is 17.3. The number of benzene rings is 2. The van der Waals surface area contributed by atoms with Crippen molar-refractivity contribution in [3.63, 3.8) is 0 Å². The van der Waals surface area contributed by atoms with Gasteiger partial charge in [0.15, 0.2) is 0 Å². The first-order chi connectivity index (χ1) is 15.2. The van der Waals surface area contributed by atoms with Crippen LogP contribution in [0.3, 0.4) is 0 Å². The summed E-state index contributed by atoms with van der Waals surface area (Å²) in [7, 11) is 0. The number of hydrazone groups is 1. The third-order valence-corrected chi connectivity index (χ3v) is 6.05. The van der Waals surface area contributed by atoms with E-state index in [2.05, 4.69) is 15.1 Å². The molecule has 1 saturated heterocycles. The van der Waals surface area contributed by atoms with Gasteiger partial charge in [0.2, 0.25) is 11.8 Å². The second kappa shape index (κ2) is 8.34. The molecule has 2 aromatic carbocycles. The van der Waals surface area contributed by atoms with Crippen molar-refractivity contribution in [1.29, 1.82) is 0 Å². The minimum atomic E-state index is -0.0984. The van der Waals surface area contributed by atoms with Crippen molar-refractivity contribution >= 4 is 28.6 Å². The number of amides is 2. The molecule has 0 saturated carbocycles. The van der Waals surface area contributed by atoms with Gasteiger partial charge in [0.05, 0.1) is 29.3 Å². The number of aromatic nitrogens is 2. The highest BCUT2D eigenvalue weighted by molar-refractivity contribution is 6.02. The van der Waals surface area contributed by atoms with Crippen LogP contribution in [-0.4, -0.2) is 50.5 Å². The number of H-pyrrole nitrogens is 1. The highest BCUT2D eigenvalue weighted by Crippen LogP contribution is 2.32. The number of likely N-dealkylation sites (tertiary alicyclic amines) is 1. The standard InChI is InChI=1S/C24H25N5O2/c30-22(12-13-23(31)29-16-14-18(27-29)17-7-2-1-3-8-17)28-15-6-11-21(28)24-25-19-9-4-5-10-20(19)26-24/h1-5,7-10,21H,6,11-16H2,(H,25,26). The molecule has 7 nitrogen and oxygen atoms in total. The largest absolute Gasteiger partial charge is 0.340 e. The molecule has 1 fully saturated rings. The van der Waals surface area contributed by atoms with E-state index >= 15 is 0 Å². The highest BCUT2D eigenvalue weighted by atomic mass is 16.2. The molecule has 0 radical (unpaired) electrons. The normalized spacial score (nSPS) is 18.6. The Labute approximate surface area is 180 Å². The number of rotatable bonds is 5. The van der Waals surface area contributed by atoms with Gasteiger partial charge in [-0.1, -0.05) is 42.5 Å². The molecule has 0 bridgehead atoms. The molecular formula is C24H25N5O2. The predicted octanol–water partition coefficient (Wildman–Crippen LogP) is 3.64. The van der Waals surface area contributed by atoms with Crippen molar-refractivity contribution in [2.45, 2.75) is 38.1 Å². The fourth-order valence-corrected chi connectivity index (χ4v) is 4.44. The molecule has 1 N–H and O–H groups in total. The Hall–Kier alpha value is -3.48.